The van der Waals surface area contributed by atoms with Gasteiger partial charge in [-0.25, -0.2) is 4.98 Å². The highest BCUT2D eigenvalue weighted by molar-refractivity contribution is 5.73. The van der Waals surface area contributed by atoms with E-state index in [0.717, 1.165) is 24.5 Å². The lowest BCUT2D eigenvalue weighted by Crippen LogP contribution is -2.45. The third-order valence-corrected chi connectivity index (χ3v) is 3.33. The molecule has 0 radical (unpaired) electrons. The highest BCUT2D eigenvalue weighted by Gasteiger charge is 2.23. The molecule has 6 nitrogen and oxygen atoms in total. The molecule has 6 heteroatoms. The Kier molecular flexibility index (Phi) is 4.57. The molecular weight excluding hydrogens is 258 g/mol. The van der Waals surface area contributed by atoms with E-state index in [1.807, 2.05) is 26.0 Å². The van der Waals surface area contributed by atoms with Crippen molar-refractivity contribution in [2.45, 2.75) is 38.5 Å². The molecule has 20 heavy (non-hydrogen) atoms. The second-order valence-electron chi connectivity index (χ2n) is 5.34. The van der Waals surface area contributed by atoms with Gasteiger partial charge in [0.15, 0.2) is 0 Å². The summed E-state index contributed by atoms with van der Waals surface area (Å²) in [6.45, 7) is 5.71. The fourth-order valence-corrected chi connectivity index (χ4v) is 2.43. The van der Waals surface area contributed by atoms with Gasteiger partial charge in [0.05, 0.1) is 12.2 Å². The first kappa shape index (κ1) is 14.7. The highest BCUT2D eigenvalue weighted by Crippen LogP contribution is 2.18. The Balaban J connectivity index is 2.02. The van der Waals surface area contributed by atoms with E-state index in [1.165, 1.54) is 0 Å². The van der Waals surface area contributed by atoms with Crippen LogP contribution in [0.1, 0.15) is 19.4 Å². The lowest BCUT2D eigenvalue weighted by molar-refractivity contribution is -0.138. The number of ether oxygens (including phenoxy) is 1. The van der Waals surface area contributed by atoms with Gasteiger partial charge in [-0.2, -0.15) is 0 Å². The predicted octanol–water partition coefficient (Wildman–Crippen LogP) is 0.650. The first-order valence-electron chi connectivity index (χ1n) is 6.79. The average Bonchev–Trinajstić information content (AvgIpc) is 2.38. The monoisotopic (exact) mass is 279 g/mol. The van der Waals surface area contributed by atoms with Crippen LogP contribution in [-0.2, 0) is 16.0 Å². The normalized spacial score (nSPS) is 24.4. The Morgan fingerprint density at radius 1 is 1.50 bits per heavy atom. The van der Waals surface area contributed by atoms with Crippen molar-refractivity contribution in [3.8, 4) is 0 Å². The van der Waals surface area contributed by atoms with Crippen LogP contribution in [0.2, 0.25) is 0 Å². The average molecular weight is 279 g/mol. The maximum Gasteiger partial charge on any atom is 0.320 e. The molecule has 3 N–H and O–H groups in total. The Labute approximate surface area is 118 Å². The zero-order valence-corrected chi connectivity index (χ0v) is 11.8. The van der Waals surface area contributed by atoms with Gasteiger partial charge in [0.2, 0.25) is 0 Å². The van der Waals surface area contributed by atoms with Crippen molar-refractivity contribution in [3.05, 3.63) is 23.9 Å². The van der Waals surface area contributed by atoms with E-state index in [1.54, 1.807) is 6.20 Å². The van der Waals surface area contributed by atoms with Crippen LogP contribution in [0.3, 0.4) is 0 Å². The number of morpholine rings is 1. The van der Waals surface area contributed by atoms with Crippen molar-refractivity contribution < 1.29 is 14.6 Å². The minimum atomic E-state index is -0.995. The van der Waals surface area contributed by atoms with Gasteiger partial charge >= 0.3 is 5.97 Å². The van der Waals surface area contributed by atoms with E-state index in [4.69, 9.17) is 15.6 Å². The smallest absolute Gasteiger partial charge is 0.320 e. The van der Waals surface area contributed by atoms with E-state index in [0.29, 0.717) is 6.42 Å². The second-order valence-corrected chi connectivity index (χ2v) is 5.34. The molecule has 2 rings (SSSR count). The highest BCUT2D eigenvalue weighted by atomic mass is 16.5. The van der Waals surface area contributed by atoms with E-state index in [-0.39, 0.29) is 12.2 Å². The summed E-state index contributed by atoms with van der Waals surface area (Å²) in [6.07, 6.45) is 2.35. The van der Waals surface area contributed by atoms with Crippen molar-refractivity contribution >= 4 is 11.8 Å². The summed E-state index contributed by atoms with van der Waals surface area (Å²) in [4.78, 5) is 17.3. The molecule has 1 saturated heterocycles. The number of carboxylic acids is 1. The maximum atomic E-state index is 10.7. The van der Waals surface area contributed by atoms with Crippen molar-refractivity contribution in [1.82, 2.24) is 4.98 Å². The van der Waals surface area contributed by atoms with E-state index < -0.39 is 12.0 Å². The molecule has 0 bridgehead atoms. The molecule has 0 aromatic carbocycles. The first-order chi connectivity index (χ1) is 9.45. The van der Waals surface area contributed by atoms with Gasteiger partial charge < -0.3 is 20.5 Å². The van der Waals surface area contributed by atoms with E-state index >= 15 is 0 Å². The minimum Gasteiger partial charge on any atom is -0.480 e. The number of rotatable bonds is 4. The van der Waals surface area contributed by atoms with Gasteiger partial charge in [-0.3, -0.25) is 4.79 Å². The van der Waals surface area contributed by atoms with Crippen molar-refractivity contribution in [2.24, 2.45) is 5.73 Å². The summed E-state index contributed by atoms with van der Waals surface area (Å²) < 4.78 is 5.69. The lowest BCUT2D eigenvalue weighted by atomic mass is 10.1. The maximum absolute atomic E-state index is 10.7. The molecule has 0 saturated carbocycles. The number of aromatic nitrogens is 1. The molecule has 3 unspecified atom stereocenters. The van der Waals surface area contributed by atoms with Gasteiger partial charge in [-0.1, -0.05) is 6.07 Å². The van der Waals surface area contributed by atoms with E-state index in [2.05, 4.69) is 9.88 Å². The molecule has 1 fully saturated rings. The van der Waals surface area contributed by atoms with Crippen molar-refractivity contribution in [1.29, 1.82) is 0 Å². The summed E-state index contributed by atoms with van der Waals surface area (Å²) in [5, 5.41) is 8.79. The van der Waals surface area contributed by atoms with Crippen LogP contribution >= 0.6 is 0 Å². The molecule has 1 aliphatic rings. The van der Waals surface area contributed by atoms with Crippen LogP contribution in [-0.4, -0.2) is 47.4 Å². The molecule has 110 valence electrons. The zero-order chi connectivity index (χ0) is 14.7. The molecule has 2 heterocycles. The number of hydrogen-bond donors (Lipinski definition) is 2. The standard InChI is InChI=1S/C14H21N3O3/c1-9-7-17(8-10(2)20-9)13-4-3-11(6-16-13)5-12(15)14(18)19/h3-4,6,9-10,12H,5,7-8,15H2,1-2H3,(H,18,19). The Morgan fingerprint density at radius 3 is 2.65 bits per heavy atom. The zero-order valence-electron chi connectivity index (χ0n) is 11.8. The quantitative estimate of drug-likeness (QED) is 0.841. The Hall–Kier alpha value is -1.66. The minimum absolute atomic E-state index is 0.181. The Bertz CT molecular complexity index is 453. The molecule has 1 aliphatic heterocycles. The third kappa shape index (κ3) is 3.68. The van der Waals surface area contributed by atoms with Crippen molar-refractivity contribution in [2.75, 3.05) is 18.0 Å². The summed E-state index contributed by atoms with van der Waals surface area (Å²) in [5.41, 5.74) is 6.34. The predicted molar refractivity (Wildman–Crippen MR) is 75.8 cm³/mol. The second kappa shape index (κ2) is 6.19. The number of nitrogens with zero attached hydrogens (tertiary/aromatic N) is 2. The largest absolute Gasteiger partial charge is 0.480 e. The van der Waals surface area contributed by atoms with Gasteiger partial charge in [-0.15, -0.1) is 0 Å². The number of pyridine rings is 1. The van der Waals surface area contributed by atoms with Crippen LogP contribution in [0.15, 0.2) is 18.3 Å². The van der Waals surface area contributed by atoms with Crippen LogP contribution in [0.25, 0.3) is 0 Å². The van der Waals surface area contributed by atoms with Crippen LogP contribution in [0.4, 0.5) is 5.82 Å². The topological polar surface area (TPSA) is 88.7 Å². The number of aliphatic carboxylic acids is 1. The molecule has 0 aliphatic carbocycles. The number of hydrogen-bond acceptors (Lipinski definition) is 5. The van der Waals surface area contributed by atoms with Gasteiger partial charge in [0.25, 0.3) is 0 Å². The Morgan fingerprint density at radius 2 is 2.15 bits per heavy atom. The lowest BCUT2D eigenvalue weighted by Gasteiger charge is -2.36. The van der Waals surface area contributed by atoms with Gasteiger partial charge in [0, 0.05) is 19.3 Å². The third-order valence-electron chi connectivity index (χ3n) is 3.33. The molecule has 1 aromatic heterocycles. The van der Waals surface area contributed by atoms with Crippen LogP contribution < -0.4 is 10.6 Å². The van der Waals surface area contributed by atoms with Crippen LogP contribution in [0, 0.1) is 0 Å². The summed E-state index contributed by atoms with van der Waals surface area (Å²) in [5.74, 6) is -0.107. The van der Waals surface area contributed by atoms with Gasteiger partial charge in [0.1, 0.15) is 11.9 Å². The molecule has 3 atom stereocenters. The number of carbonyl (C=O) groups is 1. The number of nitrogens with two attached hydrogens (primary N) is 1. The fourth-order valence-electron chi connectivity index (χ4n) is 2.43. The summed E-state index contributed by atoms with van der Waals surface area (Å²) in [6, 6.07) is 2.91. The molecular formula is C14H21N3O3. The molecule has 1 aromatic rings. The number of carboxylic acid groups (broad SMARTS) is 1. The number of anilines is 1. The molecule has 0 spiro atoms. The van der Waals surface area contributed by atoms with Crippen LogP contribution in [0.5, 0.6) is 0 Å². The van der Waals surface area contributed by atoms with Gasteiger partial charge in [-0.05, 0) is 31.9 Å². The first-order valence-corrected chi connectivity index (χ1v) is 6.79. The SMILES string of the molecule is CC1CN(c2ccc(CC(N)C(=O)O)cn2)CC(C)O1. The molecule has 0 amide bonds. The van der Waals surface area contributed by atoms with Crippen molar-refractivity contribution in [3.63, 3.8) is 0 Å². The fraction of sp³-hybridized carbons (Fsp3) is 0.571. The van der Waals surface area contributed by atoms with E-state index in [9.17, 15) is 4.79 Å². The summed E-state index contributed by atoms with van der Waals surface area (Å²) in [7, 11) is 0. The summed E-state index contributed by atoms with van der Waals surface area (Å²) >= 11 is 0.